The number of pyridine rings is 1. The van der Waals surface area contributed by atoms with Crippen molar-refractivity contribution in [1.82, 2.24) is 9.88 Å². The van der Waals surface area contributed by atoms with E-state index in [1.165, 1.54) is 12.1 Å². The van der Waals surface area contributed by atoms with Crippen molar-refractivity contribution in [1.29, 1.82) is 0 Å². The first-order valence-electron chi connectivity index (χ1n) is 6.60. The first-order valence-corrected chi connectivity index (χ1v) is 6.60. The Morgan fingerprint density at radius 2 is 1.84 bits per heavy atom. The molecular formula is C14H22N2O3. The second kappa shape index (κ2) is 7.74. The fraction of sp³-hybridized carbons (Fsp3) is 0.571. The van der Waals surface area contributed by atoms with E-state index in [4.69, 9.17) is 5.11 Å². The van der Waals surface area contributed by atoms with Gasteiger partial charge >= 0.3 is 0 Å². The van der Waals surface area contributed by atoms with Gasteiger partial charge in [0.1, 0.15) is 6.54 Å². The molecule has 0 bridgehead atoms. The summed E-state index contributed by atoms with van der Waals surface area (Å²) in [5, 5.41) is 11.5. The molecule has 0 aliphatic heterocycles. The summed E-state index contributed by atoms with van der Waals surface area (Å²) in [7, 11) is 0. The first kappa shape index (κ1) is 15.4. The van der Waals surface area contributed by atoms with Crippen molar-refractivity contribution in [3.63, 3.8) is 0 Å². The zero-order valence-corrected chi connectivity index (χ0v) is 11.6. The zero-order chi connectivity index (χ0) is 14.3. The second-order valence-corrected chi connectivity index (χ2v) is 4.69. The lowest BCUT2D eigenvalue weighted by Gasteiger charge is -2.14. The van der Waals surface area contributed by atoms with Gasteiger partial charge in [0.25, 0.3) is 0 Å². The lowest BCUT2D eigenvalue weighted by atomic mass is 10.2. The summed E-state index contributed by atoms with van der Waals surface area (Å²) in [5.74, 6) is -0.0566. The van der Waals surface area contributed by atoms with Crippen LogP contribution < -0.4 is 10.7 Å². The number of unbranched alkanes of at least 4 members (excludes halogenated alkanes) is 2. The predicted molar refractivity (Wildman–Crippen MR) is 74.1 cm³/mol. The number of carbonyl (C=O) groups excluding carboxylic acids is 1. The van der Waals surface area contributed by atoms with Crippen molar-refractivity contribution in [2.75, 3.05) is 13.2 Å². The van der Waals surface area contributed by atoms with Gasteiger partial charge < -0.3 is 15.0 Å². The van der Waals surface area contributed by atoms with Crippen LogP contribution in [0.4, 0.5) is 0 Å². The van der Waals surface area contributed by atoms with Crippen LogP contribution in [-0.2, 0) is 11.3 Å². The summed E-state index contributed by atoms with van der Waals surface area (Å²) in [6.07, 6.45) is 2.55. The molecule has 0 fully saturated rings. The molecular weight excluding hydrogens is 244 g/mol. The molecule has 0 spiro atoms. The van der Waals surface area contributed by atoms with Crippen LogP contribution in [-0.4, -0.2) is 28.7 Å². The molecule has 106 valence electrons. The van der Waals surface area contributed by atoms with Gasteiger partial charge in [-0.25, -0.2) is 0 Å². The van der Waals surface area contributed by atoms with Crippen LogP contribution in [0.25, 0.3) is 0 Å². The van der Waals surface area contributed by atoms with E-state index in [9.17, 15) is 9.59 Å². The Bertz CT molecular complexity index is 454. The molecule has 0 radical (unpaired) electrons. The third-order valence-corrected chi connectivity index (χ3v) is 3.01. The predicted octanol–water partition coefficient (Wildman–Crippen LogP) is 0.744. The highest BCUT2D eigenvalue weighted by Gasteiger charge is 2.06. The molecule has 0 aromatic carbocycles. The molecule has 0 aliphatic rings. The van der Waals surface area contributed by atoms with Gasteiger partial charge in [-0.15, -0.1) is 0 Å². The van der Waals surface area contributed by atoms with Crippen molar-refractivity contribution in [3.05, 3.63) is 33.7 Å². The number of aryl methyl sites for hydroxylation is 2. The van der Waals surface area contributed by atoms with Crippen molar-refractivity contribution in [2.45, 2.75) is 39.7 Å². The van der Waals surface area contributed by atoms with Gasteiger partial charge in [0, 0.05) is 36.7 Å². The van der Waals surface area contributed by atoms with Crippen molar-refractivity contribution in [3.8, 4) is 0 Å². The van der Waals surface area contributed by atoms with E-state index in [-0.39, 0.29) is 24.5 Å². The van der Waals surface area contributed by atoms with Crippen LogP contribution in [0.2, 0.25) is 0 Å². The lowest BCUT2D eigenvalue weighted by Crippen LogP contribution is -2.30. The van der Waals surface area contributed by atoms with Gasteiger partial charge in [0.2, 0.25) is 5.91 Å². The average molecular weight is 266 g/mol. The quantitative estimate of drug-likeness (QED) is 0.715. The number of aliphatic hydroxyl groups is 1. The van der Waals surface area contributed by atoms with E-state index in [0.717, 1.165) is 30.7 Å². The topological polar surface area (TPSA) is 71.3 Å². The van der Waals surface area contributed by atoms with Crippen molar-refractivity contribution in [2.24, 2.45) is 0 Å². The van der Waals surface area contributed by atoms with Gasteiger partial charge in [0.15, 0.2) is 5.43 Å². The third-order valence-electron chi connectivity index (χ3n) is 3.01. The minimum atomic E-state index is -0.0566. The second-order valence-electron chi connectivity index (χ2n) is 4.69. The van der Waals surface area contributed by atoms with E-state index in [0.29, 0.717) is 6.54 Å². The molecule has 0 unspecified atom stereocenters. The monoisotopic (exact) mass is 266 g/mol. The number of nitrogens with zero attached hydrogens (tertiary/aromatic N) is 1. The Balaban J connectivity index is 2.47. The number of carbonyl (C=O) groups is 1. The number of aliphatic hydroxyl groups excluding tert-OH is 1. The highest BCUT2D eigenvalue weighted by atomic mass is 16.2. The SMILES string of the molecule is Cc1cc(=O)cc(C)n1CC(=O)NCCCCCO. The highest BCUT2D eigenvalue weighted by Crippen LogP contribution is 2.01. The minimum Gasteiger partial charge on any atom is -0.396 e. The lowest BCUT2D eigenvalue weighted by molar-refractivity contribution is -0.121. The zero-order valence-electron chi connectivity index (χ0n) is 11.6. The fourth-order valence-corrected chi connectivity index (χ4v) is 1.98. The van der Waals surface area contributed by atoms with Crippen molar-refractivity contribution >= 4 is 5.91 Å². The number of amides is 1. The summed E-state index contributed by atoms with van der Waals surface area (Å²) in [5.41, 5.74) is 1.55. The molecule has 0 saturated carbocycles. The van der Waals surface area contributed by atoms with E-state index in [1.54, 1.807) is 0 Å². The van der Waals surface area contributed by atoms with E-state index >= 15 is 0 Å². The highest BCUT2D eigenvalue weighted by molar-refractivity contribution is 5.75. The largest absolute Gasteiger partial charge is 0.396 e. The van der Waals surface area contributed by atoms with E-state index < -0.39 is 0 Å². The number of hydrogen-bond donors (Lipinski definition) is 2. The summed E-state index contributed by atoms with van der Waals surface area (Å²) in [6.45, 7) is 4.70. The molecule has 0 saturated heterocycles. The Morgan fingerprint density at radius 3 is 2.42 bits per heavy atom. The molecule has 1 aromatic heterocycles. The molecule has 1 amide bonds. The van der Waals surface area contributed by atoms with Crippen LogP contribution in [0.15, 0.2) is 16.9 Å². The molecule has 5 nitrogen and oxygen atoms in total. The molecule has 2 N–H and O–H groups in total. The molecule has 1 heterocycles. The van der Waals surface area contributed by atoms with Gasteiger partial charge in [-0.3, -0.25) is 9.59 Å². The van der Waals surface area contributed by atoms with Crippen LogP contribution in [0.1, 0.15) is 30.7 Å². The Kier molecular flexibility index (Phi) is 6.29. The molecule has 5 heteroatoms. The van der Waals surface area contributed by atoms with E-state index in [1.807, 2.05) is 18.4 Å². The first-order chi connectivity index (χ1) is 9.04. The molecule has 1 rings (SSSR count). The van der Waals surface area contributed by atoms with Crippen molar-refractivity contribution < 1.29 is 9.90 Å². The Labute approximate surface area is 113 Å². The number of nitrogens with one attached hydrogen (secondary N) is 1. The summed E-state index contributed by atoms with van der Waals surface area (Å²) < 4.78 is 1.82. The fourth-order valence-electron chi connectivity index (χ4n) is 1.98. The smallest absolute Gasteiger partial charge is 0.239 e. The average Bonchev–Trinajstić information content (AvgIpc) is 2.33. The van der Waals surface area contributed by atoms with Crippen LogP contribution in [0, 0.1) is 13.8 Å². The van der Waals surface area contributed by atoms with Crippen LogP contribution in [0.3, 0.4) is 0 Å². The van der Waals surface area contributed by atoms with Gasteiger partial charge in [-0.1, -0.05) is 0 Å². The normalized spacial score (nSPS) is 10.5. The maximum Gasteiger partial charge on any atom is 0.239 e. The maximum absolute atomic E-state index is 11.8. The summed E-state index contributed by atoms with van der Waals surface area (Å²) >= 11 is 0. The van der Waals surface area contributed by atoms with Crippen LogP contribution in [0.5, 0.6) is 0 Å². The third kappa shape index (κ3) is 5.26. The van der Waals surface area contributed by atoms with Gasteiger partial charge in [0.05, 0.1) is 0 Å². The number of rotatable bonds is 7. The summed E-state index contributed by atoms with van der Waals surface area (Å²) in [4.78, 5) is 23.1. The van der Waals surface area contributed by atoms with E-state index in [2.05, 4.69) is 5.32 Å². The van der Waals surface area contributed by atoms with Gasteiger partial charge in [-0.2, -0.15) is 0 Å². The molecule has 0 atom stereocenters. The number of aromatic nitrogens is 1. The van der Waals surface area contributed by atoms with Gasteiger partial charge in [-0.05, 0) is 33.1 Å². The molecule has 1 aromatic rings. The Hall–Kier alpha value is -1.62. The Morgan fingerprint density at radius 1 is 1.21 bits per heavy atom. The summed E-state index contributed by atoms with van der Waals surface area (Å²) in [6, 6.07) is 3.06. The number of hydrogen-bond acceptors (Lipinski definition) is 3. The maximum atomic E-state index is 11.8. The standard InChI is InChI=1S/C14H22N2O3/c1-11-8-13(18)9-12(2)16(11)10-14(19)15-6-4-3-5-7-17/h8-9,17H,3-7,10H2,1-2H3,(H,15,19). The molecule has 0 aliphatic carbocycles. The van der Waals surface area contributed by atoms with Crippen LogP contribution >= 0.6 is 0 Å². The minimum absolute atomic E-state index is 0.0318. The molecule has 19 heavy (non-hydrogen) atoms.